The molecular weight excluding hydrogens is 761 g/mol. The number of ether oxygens (including phenoxy) is 2. The van der Waals surface area contributed by atoms with Gasteiger partial charge in [0.2, 0.25) is 0 Å². The maximum absolute atomic E-state index is 12.6. The summed E-state index contributed by atoms with van der Waals surface area (Å²) in [6, 6.07) is 0. The number of nitrogens with two attached hydrogens (primary N) is 1. The maximum atomic E-state index is 12.6. The SMILES string of the molecule is CC/C=C\C[C@@H](O)/C=C/C=C/C=C\C=C/[C@H](O)[C@@H](O)CCCC(=O)OC[C@H](COP(=O)(O)OCCN)OC(=O)CCCCCCCCCCCCCCCCCCC. The highest BCUT2D eigenvalue weighted by atomic mass is 31.2. The van der Waals surface area contributed by atoms with Gasteiger partial charge in [-0.15, -0.1) is 0 Å². The van der Waals surface area contributed by atoms with Gasteiger partial charge in [-0.1, -0.05) is 177 Å². The van der Waals surface area contributed by atoms with Gasteiger partial charge in [0, 0.05) is 19.4 Å². The van der Waals surface area contributed by atoms with E-state index < -0.39 is 57.4 Å². The summed E-state index contributed by atoms with van der Waals surface area (Å²) in [6.45, 7) is 3.15. The molecule has 0 heterocycles. The van der Waals surface area contributed by atoms with Gasteiger partial charge in [-0.2, -0.15) is 0 Å². The molecule has 5 atom stereocenters. The monoisotopic (exact) mass is 842 g/mol. The van der Waals surface area contributed by atoms with Crippen molar-refractivity contribution in [2.75, 3.05) is 26.4 Å². The maximum Gasteiger partial charge on any atom is 0.472 e. The molecular formula is C45H80NO11P. The van der Waals surface area contributed by atoms with Crippen LogP contribution in [-0.2, 0) is 32.7 Å². The number of hydrogen-bond donors (Lipinski definition) is 5. The number of unbranched alkanes of at least 4 members (excludes halogenated alkanes) is 16. The molecule has 0 bridgehead atoms. The Kier molecular flexibility index (Phi) is 38.4. The van der Waals surface area contributed by atoms with Crippen molar-refractivity contribution < 1.29 is 52.9 Å². The molecule has 0 aliphatic rings. The Balaban J connectivity index is 4.45. The molecule has 0 fully saturated rings. The van der Waals surface area contributed by atoms with Crippen molar-refractivity contribution in [1.29, 1.82) is 0 Å². The van der Waals surface area contributed by atoms with Gasteiger partial charge in [0.15, 0.2) is 6.10 Å². The molecule has 1 unspecified atom stereocenters. The number of hydrogen-bond acceptors (Lipinski definition) is 11. The second-order valence-corrected chi connectivity index (χ2v) is 16.2. The molecule has 0 saturated carbocycles. The summed E-state index contributed by atoms with van der Waals surface area (Å²) < 4.78 is 32.6. The fourth-order valence-corrected chi connectivity index (χ4v) is 6.62. The highest BCUT2D eigenvalue weighted by Crippen LogP contribution is 2.43. The lowest BCUT2D eigenvalue weighted by molar-refractivity contribution is -0.161. The summed E-state index contributed by atoms with van der Waals surface area (Å²) in [5, 5.41) is 30.4. The number of carbonyl (C=O) groups excluding carboxylic acids is 2. The molecule has 0 spiro atoms. The molecule has 0 radical (unpaired) electrons. The lowest BCUT2D eigenvalue weighted by Gasteiger charge is -2.20. The average molecular weight is 842 g/mol. The van der Waals surface area contributed by atoms with Crippen LogP contribution >= 0.6 is 7.82 Å². The van der Waals surface area contributed by atoms with Crippen molar-refractivity contribution >= 4 is 19.8 Å². The summed E-state index contributed by atoms with van der Waals surface area (Å²) in [7, 11) is -4.46. The molecule has 0 aliphatic heterocycles. The van der Waals surface area contributed by atoms with Crippen molar-refractivity contribution in [3.05, 3.63) is 60.8 Å². The third-order valence-electron chi connectivity index (χ3n) is 9.26. The van der Waals surface area contributed by atoms with Crippen LogP contribution in [0.15, 0.2) is 60.8 Å². The third kappa shape index (κ3) is 37.8. The first-order valence-electron chi connectivity index (χ1n) is 22.1. The summed E-state index contributed by atoms with van der Waals surface area (Å²) in [5.41, 5.74) is 5.33. The molecule has 336 valence electrons. The topological polar surface area (TPSA) is 195 Å². The minimum atomic E-state index is -4.46. The van der Waals surface area contributed by atoms with E-state index >= 15 is 0 Å². The smallest absolute Gasteiger partial charge is 0.462 e. The van der Waals surface area contributed by atoms with E-state index in [1.165, 1.54) is 89.5 Å². The van der Waals surface area contributed by atoms with Gasteiger partial charge in [-0.3, -0.25) is 18.6 Å². The van der Waals surface area contributed by atoms with Gasteiger partial charge in [-0.25, -0.2) is 4.57 Å². The van der Waals surface area contributed by atoms with Crippen LogP contribution in [-0.4, -0.2) is 82.9 Å². The van der Waals surface area contributed by atoms with E-state index in [9.17, 15) is 34.4 Å². The van der Waals surface area contributed by atoms with E-state index in [-0.39, 0.29) is 38.8 Å². The predicted octanol–water partition coefficient (Wildman–Crippen LogP) is 9.41. The molecule has 6 N–H and O–H groups in total. The van der Waals surface area contributed by atoms with Crippen molar-refractivity contribution in [3.63, 3.8) is 0 Å². The Bertz CT molecular complexity index is 1190. The average Bonchev–Trinajstić information content (AvgIpc) is 3.20. The molecule has 12 nitrogen and oxygen atoms in total. The van der Waals surface area contributed by atoms with Crippen LogP contribution in [0.25, 0.3) is 0 Å². The van der Waals surface area contributed by atoms with Gasteiger partial charge in [0.1, 0.15) is 6.61 Å². The van der Waals surface area contributed by atoms with Gasteiger partial charge >= 0.3 is 19.8 Å². The molecule has 0 aromatic carbocycles. The Morgan fingerprint density at radius 1 is 0.638 bits per heavy atom. The summed E-state index contributed by atoms with van der Waals surface area (Å²) in [5.74, 6) is -1.16. The molecule has 0 saturated heterocycles. The Morgan fingerprint density at radius 2 is 1.16 bits per heavy atom. The van der Waals surface area contributed by atoms with Crippen LogP contribution in [0.5, 0.6) is 0 Å². The van der Waals surface area contributed by atoms with E-state index in [0.717, 1.165) is 25.7 Å². The number of phosphoric ester groups is 1. The number of aliphatic hydroxyl groups excluding tert-OH is 3. The first-order valence-corrected chi connectivity index (χ1v) is 23.6. The quantitative estimate of drug-likeness (QED) is 0.0129. The number of carbonyl (C=O) groups is 2. The minimum absolute atomic E-state index is 0.00293. The molecule has 13 heteroatoms. The summed E-state index contributed by atoms with van der Waals surface area (Å²) in [4.78, 5) is 34.9. The molecule has 0 aromatic heterocycles. The predicted molar refractivity (Wildman–Crippen MR) is 233 cm³/mol. The number of aliphatic hydroxyl groups is 3. The van der Waals surface area contributed by atoms with Crippen molar-refractivity contribution in [3.8, 4) is 0 Å². The van der Waals surface area contributed by atoms with Gasteiger partial charge < -0.3 is 35.4 Å². The van der Waals surface area contributed by atoms with Crippen LogP contribution in [0.3, 0.4) is 0 Å². The number of phosphoric acid groups is 1. The van der Waals surface area contributed by atoms with Crippen molar-refractivity contribution in [2.24, 2.45) is 5.73 Å². The molecule has 58 heavy (non-hydrogen) atoms. The number of esters is 2. The summed E-state index contributed by atoms with van der Waals surface area (Å²) in [6.07, 6.45) is 36.3. The zero-order chi connectivity index (χ0) is 43.0. The molecule has 0 amide bonds. The Hall–Kier alpha value is -2.41. The Labute approximate surface area is 350 Å². The van der Waals surface area contributed by atoms with Gasteiger partial charge in [0.05, 0.1) is 31.5 Å². The van der Waals surface area contributed by atoms with Crippen LogP contribution < -0.4 is 5.73 Å². The van der Waals surface area contributed by atoms with E-state index in [1.807, 2.05) is 19.1 Å². The number of rotatable bonds is 40. The van der Waals surface area contributed by atoms with E-state index in [1.54, 1.807) is 42.5 Å². The lowest BCUT2D eigenvalue weighted by atomic mass is 10.0. The lowest BCUT2D eigenvalue weighted by Crippen LogP contribution is -2.30. The first-order chi connectivity index (χ1) is 28.0. The fraction of sp³-hybridized carbons (Fsp3) is 0.733. The highest BCUT2D eigenvalue weighted by Gasteiger charge is 2.26. The van der Waals surface area contributed by atoms with Crippen molar-refractivity contribution in [2.45, 2.75) is 186 Å². The van der Waals surface area contributed by atoms with E-state index in [0.29, 0.717) is 12.8 Å². The zero-order valence-corrected chi connectivity index (χ0v) is 36.7. The second kappa shape index (κ2) is 40.0. The Morgan fingerprint density at radius 3 is 1.71 bits per heavy atom. The van der Waals surface area contributed by atoms with Crippen LogP contribution in [0.1, 0.15) is 162 Å². The summed E-state index contributed by atoms with van der Waals surface area (Å²) >= 11 is 0. The largest absolute Gasteiger partial charge is 0.472 e. The van der Waals surface area contributed by atoms with Gasteiger partial charge in [0.25, 0.3) is 0 Å². The normalized spacial score (nSPS) is 15.5. The molecule has 0 aliphatic carbocycles. The minimum Gasteiger partial charge on any atom is -0.462 e. The van der Waals surface area contributed by atoms with E-state index in [2.05, 4.69) is 6.92 Å². The fourth-order valence-electron chi connectivity index (χ4n) is 5.86. The molecule has 0 aromatic rings. The van der Waals surface area contributed by atoms with Crippen LogP contribution in [0.4, 0.5) is 0 Å². The van der Waals surface area contributed by atoms with Crippen molar-refractivity contribution in [1.82, 2.24) is 0 Å². The first kappa shape index (κ1) is 55.6. The van der Waals surface area contributed by atoms with E-state index in [4.69, 9.17) is 24.3 Å². The third-order valence-corrected chi connectivity index (χ3v) is 10.2. The highest BCUT2D eigenvalue weighted by molar-refractivity contribution is 7.47. The molecule has 0 rings (SSSR count). The zero-order valence-electron chi connectivity index (χ0n) is 35.8. The number of allylic oxidation sites excluding steroid dienone is 7. The van der Waals surface area contributed by atoms with Gasteiger partial charge in [-0.05, 0) is 32.1 Å². The second-order valence-electron chi connectivity index (χ2n) is 14.8. The standard InChI is InChI=1S/C45H80NO11P/c1-3-5-7-8-9-10-11-12-13-14-15-16-17-18-19-24-28-34-45(51)57-41(39-56-58(52,53)55-37-36-46)38-54-44(50)35-29-33-43(49)42(48)32-27-23-21-20-22-26-31-40(47)30-25-6-4-2/h6,20-23,25-27,31-32,40-43,47-49H,3-5,7-19,24,28-30,33-39,46H2,1-2H3,(H,52,53)/b22-20+,23-21-,25-6-,31-26+,32-27-/t40-,41-,42+,43+/m1/s1. The van der Waals surface area contributed by atoms with Crippen LogP contribution in [0, 0.1) is 0 Å². The van der Waals surface area contributed by atoms with Crippen LogP contribution in [0.2, 0.25) is 0 Å².